The van der Waals surface area contributed by atoms with E-state index in [0.717, 1.165) is 0 Å². The second-order valence-electron chi connectivity index (χ2n) is 4.79. The van der Waals surface area contributed by atoms with Crippen molar-refractivity contribution < 1.29 is 14.3 Å². The fourth-order valence-corrected chi connectivity index (χ4v) is 2.29. The van der Waals surface area contributed by atoms with Gasteiger partial charge in [-0.15, -0.1) is 0 Å². The van der Waals surface area contributed by atoms with Crippen LogP contribution < -0.4 is 9.64 Å². The lowest BCUT2D eigenvalue weighted by Gasteiger charge is -2.29. The zero-order valence-corrected chi connectivity index (χ0v) is 11.6. The molecule has 0 spiro atoms. The van der Waals surface area contributed by atoms with Gasteiger partial charge in [-0.1, -0.05) is 0 Å². The van der Waals surface area contributed by atoms with Crippen LogP contribution in [0.15, 0.2) is 42.7 Å². The first-order valence-electron chi connectivity index (χ1n) is 6.66. The Morgan fingerprint density at radius 3 is 2.81 bits per heavy atom. The normalized spacial score (nSPS) is 13.3. The first kappa shape index (κ1) is 13.3. The summed E-state index contributed by atoms with van der Waals surface area (Å²) in [7, 11) is 0. The summed E-state index contributed by atoms with van der Waals surface area (Å²) < 4.78 is 5.55. The van der Waals surface area contributed by atoms with E-state index in [-0.39, 0.29) is 11.7 Å². The number of hydrogen-bond donors (Lipinski definition) is 0. The molecule has 1 aromatic heterocycles. The molecule has 0 atom stereocenters. The Labute approximate surface area is 122 Å². The molecule has 0 aliphatic carbocycles. The summed E-state index contributed by atoms with van der Waals surface area (Å²) in [5.74, 6) is 0.425. The summed E-state index contributed by atoms with van der Waals surface area (Å²) in [6.45, 7) is 2.37. The molecule has 1 aromatic carbocycles. The molecule has 0 N–H and O–H groups in total. The highest BCUT2D eigenvalue weighted by atomic mass is 16.5. The summed E-state index contributed by atoms with van der Waals surface area (Å²) in [5.41, 5.74) is 1.70. The van der Waals surface area contributed by atoms with Crippen molar-refractivity contribution in [3.05, 3.63) is 53.9 Å². The van der Waals surface area contributed by atoms with Crippen LogP contribution in [0.2, 0.25) is 0 Å². The highest BCUT2D eigenvalue weighted by Crippen LogP contribution is 2.33. The molecule has 106 valence electrons. The van der Waals surface area contributed by atoms with Crippen LogP contribution in [0.3, 0.4) is 0 Å². The predicted molar refractivity (Wildman–Crippen MR) is 77.9 cm³/mol. The molecule has 0 unspecified atom stereocenters. The van der Waals surface area contributed by atoms with E-state index in [4.69, 9.17) is 4.74 Å². The molecule has 5 heteroatoms. The molecule has 0 bridgehead atoms. The second-order valence-corrected chi connectivity index (χ2v) is 4.79. The van der Waals surface area contributed by atoms with Crippen LogP contribution in [0.5, 0.6) is 5.75 Å². The number of aromatic nitrogens is 1. The zero-order chi connectivity index (χ0) is 14.8. The molecular weight excluding hydrogens is 268 g/mol. The van der Waals surface area contributed by atoms with Gasteiger partial charge >= 0.3 is 0 Å². The van der Waals surface area contributed by atoms with Gasteiger partial charge in [-0.05, 0) is 37.3 Å². The van der Waals surface area contributed by atoms with Crippen LogP contribution in [0, 0.1) is 0 Å². The van der Waals surface area contributed by atoms with Crippen LogP contribution in [-0.2, 0) is 0 Å². The molecule has 2 heterocycles. The minimum atomic E-state index is -0.145. The SMILES string of the molecule is CC(=O)c1ccc2c(c1)N(C(=O)c1cccnc1)CCO2. The standard InChI is InChI=1S/C16H14N2O3/c1-11(19)12-4-5-15-14(9-12)18(7-8-21-15)16(20)13-3-2-6-17-10-13/h2-6,9-10H,7-8H2,1H3. The fraction of sp³-hybridized carbons (Fsp3) is 0.188. The number of carbonyl (C=O) groups is 2. The van der Waals surface area contributed by atoms with Crippen molar-refractivity contribution in [3.8, 4) is 5.75 Å². The van der Waals surface area contributed by atoms with E-state index < -0.39 is 0 Å². The van der Waals surface area contributed by atoms with E-state index >= 15 is 0 Å². The molecule has 21 heavy (non-hydrogen) atoms. The number of anilines is 1. The van der Waals surface area contributed by atoms with Crippen molar-refractivity contribution >= 4 is 17.4 Å². The molecule has 0 saturated heterocycles. The van der Waals surface area contributed by atoms with E-state index in [2.05, 4.69) is 4.98 Å². The predicted octanol–water partition coefficient (Wildman–Crippen LogP) is 2.32. The Hall–Kier alpha value is -2.69. The molecule has 2 aromatic rings. The number of amides is 1. The quantitative estimate of drug-likeness (QED) is 0.793. The third-order valence-corrected chi connectivity index (χ3v) is 3.38. The molecule has 1 aliphatic rings. The number of fused-ring (bicyclic) bond motifs is 1. The highest BCUT2D eigenvalue weighted by Gasteiger charge is 2.25. The van der Waals surface area contributed by atoms with Gasteiger partial charge < -0.3 is 9.64 Å². The number of pyridine rings is 1. The smallest absolute Gasteiger partial charge is 0.260 e. The Kier molecular flexibility index (Phi) is 3.39. The molecule has 0 saturated carbocycles. The summed E-state index contributed by atoms with van der Waals surface area (Å²) in [6, 6.07) is 8.58. The average molecular weight is 282 g/mol. The molecular formula is C16H14N2O3. The van der Waals surface area contributed by atoms with Crippen molar-refractivity contribution in [3.63, 3.8) is 0 Å². The Bertz CT molecular complexity index is 698. The van der Waals surface area contributed by atoms with E-state index in [0.29, 0.717) is 35.7 Å². The summed E-state index contributed by atoms with van der Waals surface area (Å²) in [4.78, 5) is 29.7. The number of Topliss-reactive ketones (excluding diaryl/α,β-unsaturated/α-hetero) is 1. The molecule has 1 aliphatic heterocycles. The van der Waals surface area contributed by atoms with Gasteiger partial charge in [-0.3, -0.25) is 14.6 Å². The number of nitrogens with zero attached hydrogens (tertiary/aromatic N) is 2. The highest BCUT2D eigenvalue weighted by molar-refractivity contribution is 6.07. The number of ether oxygens (including phenoxy) is 1. The molecule has 1 amide bonds. The van der Waals surface area contributed by atoms with Gasteiger partial charge in [0.2, 0.25) is 0 Å². The summed E-state index contributed by atoms with van der Waals surface area (Å²) >= 11 is 0. The maximum atomic E-state index is 12.6. The van der Waals surface area contributed by atoms with Gasteiger partial charge in [0.05, 0.1) is 17.8 Å². The monoisotopic (exact) mass is 282 g/mol. The minimum Gasteiger partial charge on any atom is -0.490 e. The van der Waals surface area contributed by atoms with Crippen molar-refractivity contribution in [1.29, 1.82) is 0 Å². The largest absolute Gasteiger partial charge is 0.490 e. The lowest BCUT2D eigenvalue weighted by molar-refractivity contribution is 0.0972. The Balaban J connectivity index is 2.01. The van der Waals surface area contributed by atoms with Crippen LogP contribution in [-0.4, -0.2) is 29.8 Å². The Morgan fingerprint density at radius 2 is 2.10 bits per heavy atom. The average Bonchev–Trinajstić information content (AvgIpc) is 2.54. The number of benzene rings is 1. The number of carbonyl (C=O) groups excluding carboxylic acids is 2. The Morgan fingerprint density at radius 1 is 1.24 bits per heavy atom. The second kappa shape index (κ2) is 5.36. The van der Waals surface area contributed by atoms with Crippen molar-refractivity contribution in [2.24, 2.45) is 0 Å². The molecule has 3 rings (SSSR count). The minimum absolute atomic E-state index is 0.0443. The van der Waals surface area contributed by atoms with E-state index in [1.165, 1.54) is 13.1 Å². The van der Waals surface area contributed by atoms with Crippen LogP contribution in [0.25, 0.3) is 0 Å². The van der Waals surface area contributed by atoms with Crippen molar-refractivity contribution in [2.45, 2.75) is 6.92 Å². The maximum absolute atomic E-state index is 12.6. The number of rotatable bonds is 2. The first-order chi connectivity index (χ1) is 10.2. The fourth-order valence-electron chi connectivity index (χ4n) is 2.29. The van der Waals surface area contributed by atoms with Gasteiger partial charge in [-0.25, -0.2) is 0 Å². The first-order valence-corrected chi connectivity index (χ1v) is 6.66. The van der Waals surface area contributed by atoms with Gasteiger partial charge in [0.25, 0.3) is 5.91 Å². The lowest BCUT2D eigenvalue weighted by atomic mass is 10.1. The van der Waals surface area contributed by atoms with E-state index in [1.54, 1.807) is 41.4 Å². The third-order valence-electron chi connectivity index (χ3n) is 3.38. The summed E-state index contributed by atoms with van der Waals surface area (Å²) in [5, 5.41) is 0. The van der Waals surface area contributed by atoms with Gasteiger partial charge in [0.15, 0.2) is 5.78 Å². The van der Waals surface area contributed by atoms with Gasteiger partial charge in [0, 0.05) is 18.0 Å². The van der Waals surface area contributed by atoms with E-state index in [9.17, 15) is 9.59 Å². The number of hydrogen-bond acceptors (Lipinski definition) is 4. The van der Waals surface area contributed by atoms with E-state index in [1.807, 2.05) is 0 Å². The lowest BCUT2D eigenvalue weighted by Crippen LogP contribution is -2.38. The summed E-state index contributed by atoms with van der Waals surface area (Å²) in [6.07, 6.45) is 3.16. The topological polar surface area (TPSA) is 59.5 Å². The van der Waals surface area contributed by atoms with Crippen LogP contribution in [0.1, 0.15) is 27.6 Å². The van der Waals surface area contributed by atoms with Gasteiger partial charge in [0.1, 0.15) is 12.4 Å². The molecule has 0 radical (unpaired) electrons. The number of ketones is 1. The molecule has 0 fully saturated rings. The van der Waals surface area contributed by atoms with Crippen LogP contribution in [0.4, 0.5) is 5.69 Å². The zero-order valence-electron chi connectivity index (χ0n) is 11.6. The van der Waals surface area contributed by atoms with Gasteiger partial charge in [-0.2, -0.15) is 0 Å². The van der Waals surface area contributed by atoms with Crippen molar-refractivity contribution in [1.82, 2.24) is 4.98 Å². The maximum Gasteiger partial charge on any atom is 0.260 e. The third kappa shape index (κ3) is 2.50. The van der Waals surface area contributed by atoms with Crippen molar-refractivity contribution in [2.75, 3.05) is 18.1 Å². The molecule has 5 nitrogen and oxygen atoms in total. The van der Waals surface area contributed by atoms with Crippen LogP contribution >= 0.6 is 0 Å².